The van der Waals surface area contributed by atoms with Gasteiger partial charge in [-0.05, 0) is 30.5 Å². The summed E-state index contributed by atoms with van der Waals surface area (Å²) in [6.45, 7) is 0.826. The number of hydrogen-bond acceptors (Lipinski definition) is 4. The van der Waals surface area contributed by atoms with Crippen LogP contribution in [0.4, 0.5) is 5.69 Å². The van der Waals surface area contributed by atoms with Crippen molar-refractivity contribution in [3.8, 4) is 0 Å². The fraction of sp³-hybridized carbons (Fsp3) is 0.600. The van der Waals surface area contributed by atoms with Crippen LogP contribution >= 0.6 is 0 Å². The van der Waals surface area contributed by atoms with E-state index in [1.807, 2.05) is 24.3 Å². The van der Waals surface area contributed by atoms with E-state index in [2.05, 4.69) is 4.90 Å². The van der Waals surface area contributed by atoms with E-state index in [9.17, 15) is 10.2 Å². The molecule has 106 valence electrons. The van der Waals surface area contributed by atoms with Crippen LogP contribution in [0.25, 0.3) is 0 Å². The first-order valence-electron chi connectivity index (χ1n) is 7.13. The maximum Gasteiger partial charge on any atom is 0.128 e. The van der Waals surface area contributed by atoms with Crippen molar-refractivity contribution < 1.29 is 10.2 Å². The molecule has 0 bridgehead atoms. The van der Waals surface area contributed by atoms with Gasteiger partial charge in [0.05, 0.1) is 6.61 Å². The Balaban J connectivity index is 2.13. The summed E-state index contributed by atoms with van der Waals surface area (Å²) in [5, 5.41) is 18.6. The Morgan fingerprint density at radius 1 is 1.16 bits per heavy atom. The molecule has 1 aromatic carbocycles. The van der Waals surface area contributed by atoms with Gasteiger partial charge in [-0.2, -0.15) is 0 Å². The maximum atomic E-state index is 9.33. The SMILES string of the molecule is NC(O)c1ccc(N(CCO)C2CCCCC2)cc1. The summed E-state index contributed by atoms with van der Waals surface area (Å²) in [5.74, 6) is 0. The van der Waals surface area contributed by atoms with Gasteiger partial charge in [0.2, 0.25) is 0 Å². The zero-order valence-corrected chi connectivity index (χ0v) is 11.3. The van der Waals surface area contributed by atoms with E-state index in [1.54, 1.807) is 0 Å². The van der Waals surface area contributed by atoms with Gasteiger partial charge in [0.1, 0.15) is 6.23 Å². The molecule has 2 rings (SSSR count). The molecule has 1 fully saturated rings. The minimum absolute atomic E-state index is 0.164. The van der Waals surface area contributed by atoms with E-state index in [0.29, 0.717) is 12.6 Å². The van der Waals surface area contributed by atoms with Crippen LogP contribution < -0.4 is 10.6 Å². The van der Waals surface area contributed by atoms with Crippen molar-refractivity contribution in [2.24, 2.45) is 5.73 Å². The molecule has 1 aliphatic rings. The van der Waals surface area contributed by atoms with Gasteiger partial charge in [0.25, 0.3) is 0 Å². The molecule has 0 amide bonds. The largest absolute Gasteiger partial charge is 0.395 e. The standard InChI is InChI=1S/C15H24N2O2/c16-15(19)12-6-8-14(9-7-12)17(10-11-18)13-4-2-1-3-5-13/h6-9,13,15,18-19H,1-5,10-11,16H2. The highest BCUT2D eigenvalue weighted by atomic mass is 16.3. The maximum absolute atomic E-state index is 9.33. The fourth-order valence-corrected chi connectivity index (χ4v) is 2.89. The lowest BCUT2D eigenvalue weighted by Crippen LogP contribution is -2.38. The van der Waals surface area contributed by atoms with Crippen molar-refractivity contribution >= 4 is 5.69 Å². The smallest absolute Gasteiger partial charge is 0.128 e. The lowest BCUT2D eigenvalue weighted by Gasteiger charge is -2.36. The molecule has 1 atom stereocenters. The summed E-state index contributed by atoms with van der Waals surface area (Å²) in [6.07, 6.45) is 5.33. The Morgan fingerprint density at radius 3 is 2.32 bits per heavy atom. The number of nitrogens with zero attached hydrogens (tertiary/aromatic N) is 1. The molecular weight excluding hydrogens is 240 g/mol. The lowest BCUT2D eigenvalue weighted by atomic mass is 9.93. The Labute approximate surface area is 114 Å². The zero-order chi connectivity index (χ0) is 13.7. The Hall–Kier alpha value is -1.10. The van der Waals surface area contributed by atoms with Crippen molar-refractivity contribution in [1.82, 2.24) is 0 Å². The Bertz CT molecular complexity index is 372. The molecule has 19 heavy (non-hydrogen) atoms. The van der Waals surface area contributed by atoms with Crippen LogP contribution in [-0.2, 0) is 0 Å². The summed E-state index contributed by atoms with van der Waals surface area (Å²) >= 11 is 0. The van der Waals surface area contributed by atoms with Gasteiger partial charge in [0, 0.05) is 18.3 Å². The molecule has 4 nitrogen and oxygen atoms in total. The van der Waals surface area contributed by atoms with E-state index < -0.39 is 6.23 Å². The number of rotatable bonds is 5. The third-order valence-electron chi connectivity index (χ3n) is 3.92. The van der Waals surface area contributed by atoms with E-state index in [4.69, 9.17) is 5.73 Å². The van der Waals surface area contributed by atoms with Crippen molar-refractivity contribution in [3.05, 3.63) is 29.8 Å². The fourth-order valence-electron chi connectivity index (χ4n) is 2.89. The summed E-state index contributed by atoms with van der Waals surface area (Å²) in [6, 6.07) is 8.20. The average molecular weight is 264 g/mol. The minimum Gasteiger partial charge on any atom is -0.395 e. The predicted molar refractivity (Wildman–Crippen MR) is 76.9 cm³/mol. The molecule has 0 aliphatic heterocycles. The second kappa shape index (κ2) is 6.89. The highest BCUT2D eigenvalue weighted by molar-refractivity contribution is 5.49. The summed E-state index contributed by atoms with van der Waals surface area (Å²) in [4.78, 5) is 2.28. The summed E-state index contributed by atoms with van der Waals surface area (Å²) < 4.78 is 0. The van der Waals surface area contributed by atoms with E-state index in [0.717, 1.165) is 11.3 Å². The summed E-state index contributed by atoms with van der Waals surface area (Å²) in [5.41, 5.74) is 7.26. The van der Waals surface area contributed by atoms with E-state index >= 15 is 0 Å². The lowest BCUT2D eigenvalue weighted by molar-refractivity contribution is 0.186. The Morgan fingerprint density at radius 2 is 1.79 bits per heavy atom. The van der Waals surface area contributed by atoms with Crippen LogP contribution in [0.5, 0.6) is 0 Å². The first-order chi connectivity index (χ1) is 9.22. The number of anilines is 1. The summed E-state index contributed by atoms with van der Waals surface area (Å²) in [7, 11) is 0. The van der Waals surface area contributed by atoms with Crippen molar-refractivity contribution in [2.45, 2.75) is 44.4 Å². The van der Waals surface area contributed by atoms with Crippen LogP contribution in [-0.4, -0.2) is 29.4 Å². The molecule has 0 heterocycles. The van der Waals surface area contributed by atoms with Gasteiger partial charge in [-0.15, -0.1) is 0 Å². The number of nitrogens with two attached hydrogens (primary N) is 1. The van der Waals surface area contributed by atoms with Gasteiger partial charge >= 0.3 is 0 Å². The Kier molecular flexibility index (Phi) is 5.19. The van der Waals surface area contributed by atoms with E-state index in [1.165, 1.54) is 32.1 Å². The van der Waals surface area contributed by atoms with Crippen molar-refractivity contribution in [3.63, 3.8) is 0 Å². The quantitative estimate of drug-likeness (QED) is 0.709. The van der Waals surface area contributed by atoms with Crippen LogP contribution in [0.3, 0.4) is 0 Å². The van der Waals surface area contributed by atoms with E-state index in [-0.39, 0.29) is 6.61 Å². The molecule has 4 N–H and O–H groups in total. The number of benzene rings is 1. The first-order valence-corrected chi connectivity index (χ1v) is 7.13. The predicted octanol–water partition coefficient (Wildman–Crippen LogP) is 1.77. The molecule has 1 aromatic rings. The first kappa shape index (κ1) is 14.3. The zero-order valence-electron chi connectivity index (χ0n) is 11.3. The van der Waals surface area contributed by atoms with Crippen LogP contribution in [0.2, 0.25) is 0 Å². The molecule has 1 saturated carbocycles. The molecular formula is C15H24N2O2. The molecule has 0 aromatic heterocycles. The molecule has 0 radical (unpaired) electrons. The average Bonchev–Trinajstić information content (AvgIpc) is 2.46. The van der Waals surface area contributed by atoms with Gasteiger partial charge in [-0.3, -0.25) is 0 Å². The van der Waals surface area contributed by atoms with Crippen LogP contribution in [0.15, 0.2) is 24.3 Å². The van der Waals surface area contributed by atoms with Gasteiger partial charge in [-0.25, -0.2) is 0 Å². The topological polar surface area (TPSA) is 69.7 Å². The molecule has 4 heteroatoms. The van der Waals surface area contributed by atoms with Crippen molar-refractivity contribution in [1.29, 1.82) is 0 Å². The number of hydrogen-bond donors (Lipinski definition) is 3. The highest BCUT2D eigenvalue weighted by Crippen LogP contribution is 2.27. The van der Waals surface area contributed by atoms with Gasteiger partial charge in [-0.1, -0.05) is 31.4 Å². The second-order valence-corrected chi connectivity index (χ2v) is 5.25. The molecule has 1 aliphatic carbocycles. The van der Waals surface area contributed by atoms with Gasteiger partial charge in [0.15, 0.2) is 0 Å². The van der Waals surface area contributed by atoms with Crippen LogP contribution in [0, 0.1) is 0 Å². The molecule has 0 spiro atoms. The molecule has 1 unspecified atom stereocenters. The second-order valence-electron chi connectivity index (χ2n) is 5.25. The third-order valence-corrected chi connectivity index (χ3v) is 3.92. The van der Waals surface area contributed by atoms with Crippen LogP contribution in [0.1, 0.15) is 43.9 Å². The normalized spacial score (nSPS) is 18.3. The number of aliphatic hydroxyl groups excluding tert-OH is 2. The van der Waals surface area contributed by atoms with Gasteiger partial charge < -0.3 is 20.8 Å². The monoisotopic (exact) mass is 264 g/mol. The molecule has 0 saturated heterocycles. The van der Waals surface area contributed by atoms with Crippen molar-refractivity contribution in [2.75, 3.05) is 18.1 Å². The highest BCUT2D eigenvalue weighted by Gasteiger charge is 2.21. The minimum atomic E-state index is -0.921. The number of aliphatic hydroxyl groups is 2. The third kappa shape index (κ3) is 3.69.